The van der Waals surface area contributed by atoms with Gasteiger partial charge in [-0.2, -0.15) is 13.2 Å². The van der Waals surface area contributed by atoms with Crippen LogP contribution in [0.25, 0.3) is 22.4 Å². The topological polar surface area (TPSA) is 90.0 Å². The summed E-state index contributed by atoms with van der Waals surface area (Å²) in [4.78, 5) is 0.160. The molecule has 4 rings (SSSR count). The van der Waals surface area contributed by atoms with Gasteiger partial charge in [-0.05, 0) is 59.8 Å². The van der Waals surface area contributed by atoms with Crippen molar-refractivity contribution in [3.63, 3.8) is 0 Å². The van der Waals surface area contributed by atoms with E-state index in [0.717, 1.165) is 5.56 Å². The quantitative estimate of drug-likeness (QED) is 0.351. The Morgan fingerprint density at radius 1 is 1.13 bits per heavy atom. The summed E-state index contributed by atoms with van der Waals surface area (Å²) in [6, 6.07) is 11.0. The number of benzene rings is 2. The Morgan fingerprint density at radius 3 is 2.52 bits per heavy atom. The molecule has 0 spiro atoms. The summed E-state index contributed by atoms with van der Waals surface area (Å²) < 4.78 is 70.3. The molecule has 31 heavy (non-hydrogen) atoms. The highest BCUT2D eigenvalue weighted by Crippen LogP contribution is 2.31. The first-order valence-electron chi connectivity index (χ1n) is 8.82. The lowest BCUT2D eigenvalue weighted by molar-refractivity contribution is -0.115. The lowest BCUT2D eigenvalue weighted by Gasteiger charge is -2.08. The minimum absolute atomic E-state index is 0.0107. The molecule has 7 nitrogen and oxygen atoms in total. The Balaban J connectivity index is 1.70. The summed E-state index contributed by atoms with van der Waals surface area (Å²) in [6.45, 7) is 0.568. The van der Waals surface area contributed by atoms with E-state index in [1.807, 2.05) is 34.8 Å². The first-order valence-corrected chi connectivity index (χ1v) is 11.3. The number of aromatic nitrogens is 3. The number of alkyl halides is 3. The van der Waals surface area contributed by atoms with Gasteiger partial charge in [-0.3, -0.25) is 0 Å². The molecule has 2 aromatic heterocycles. The lowest BCUT2D eigenvalue weighted by Crippen LogP contribution is -2.21. The standard InChI is InChI=1S/C19H14F3IN4O3S/c1-11-2-5-13(6-3-11)31(28,29)27-9-15(23)14-8-12(4-7-16(14)27)17-25-26-18(30-17)24-10-19(20,21)22/h2-9H,10H2,1H3,(H,24,26). The SMILES string of the molecule is Cc1ccc(S(=O)(=O)n2cc(I)c3cc(-c4nnc(NCC(F)(F)F)o4)ccc32)cc1. The molecule has 0 saturated carbocycles. The Labute approximate surface area is 188 Å². The molecule has 2 heterocycles. The number of hydrogen-bond donors (Lipinski definition) is 1. The second-order valence-corrected chi connectivity index (χ2v) is 9.68. The predicted octanol–water partition coefficient (Wildman–Crippen LogP) is 4.82. The molecule has 0 aliphatic rings. The summed E-state index contributed by atoms with van der Waals surface area (Å²) in [6.07, 6.45) is -2.91. The molecule has 162 valence electrons. The van der Waals surface area contributed by atoms with Gasteiger partial charge in [-0.1, -0.05) is 22.8 Å². The van der Waals surface area contributed by atoms with E-state index in [4.69, 9.17) is 4.42 Å². The molecule has 4 aromatic rings. The molecule has 0 fully saturated rings. The van der Waals surface area contributed by atoms with E-state index in [1.165, 1.54) is 10.2 Å². The lowest BCUT2D eigenvalue weighted by atomic mass is 10.1. The van der Waals surface area contributed by atoms with Gasteiger partial charge in [0.2, 0.25) is 5.89 Å². The van der Waals surface area contributed by atoms with Gasteiger partial charge in [0.05, 0.1) is 10.4 Å². The maximum absolute atomic E-state index is 13.1. The number of rotatable bonds is 5. The first-order chi connectivity index (χ1) is 14.5. The smallest absolute Gasteiger partial charge is 0.403 e. The predicted molar refractivity (Wildman–Crippen MR) is 116 cm³/mol. The number of hydrogen-bond acceptors (Lipinski definition) is 6. The molecule has 0 bridgehead atoms. The minimum atomic E-state index is -4.42. The zero-order chi connectivity index (χ0) is 22.4. The van der Waals surface area contributed by atoms with Crippen molar-refractivity contribution >= 4 is 49.5 Å². The third kappa shape index (κ3) is 4.39. The number of nitrogens with zero attached hydrogens (tertiary/aromatic N) is 3. The van der Waals surface area contributed by atoms with Crippen LogP contribution < -0.4 is 5.32 Å². The first kappa shape index (κ1) is 21.6. The molecule has 0 saturated heterocycles. The van der Waals surface area contributed by atoms with Gasteiger partial charge in [0, 0.05) is 20.7 Å². The monoisotopic (exact) mass is 562 g/mol. The maximum Gasteiger partial charge on any atom is 0.405 e. The molecule has 12 heteroatoms. The highest BCUT2D eigenvalue weighted by atomic mass is 127. The van der Waals surface area contributed by atoms with Crippen molar-refractivity contribution in [2.45, 2.75) is 18.0 Å². The highest BCUT2D eigenvalue weighted by Gasteiger charge is 2.28. The highest BCUT2D eigenvalue weighted by molar-refractivity contribution is 14.1. The third-order valence-electron chi connectivity index (χ3n) is 4.41. The summed E-state index contributed by atoms with van der Waals surface area (Å²) >= 11 is 2.02. The number of nitrogens with one attached hydrogen (secondary N) is 1. The van der Waals surface area contributed by atoms with Crippen molar-refractivity contribution < 1.29 is 26.0 Å². The summed E-state index contributed by atoms with van der Waals surface area (Å²) in [5.74, 6) is 0.0107. The van der Waals surface area contributed by atoms with E-state index in [0.29, 0.717) is 20.0 Å². The molecular weight excluding hydrogens is 548 g/mol. The van der Waals surface area contributed by atoms with E-state index in [-0.39, 0.29) is 16.8 Å². The Kier molecular flexibility index (Phi) is 5.45. The van der Waals surface area contributed by atoms with Crippen molar-refractivity contribution in [3.8, 4) is 11.5 Å². The summed E-state index contributed by atoms with van der Waals surface area (Å²) in [7, 11) is -3.81. The minimum Gasteiger partial charge on any atom is -0.403 e. The second kappa shape index (κ2) is 7.82. The molecular formula is C19H14F3IN4O3S. The summed E-state index contributed by atoms with van der Waals surface area (Å²) in [5.41, 5.74) is 1.84. The third-order valence-corrected chi connectivity index (χ3v) is 6.96. The average Bonchev–Trinajstić information content (AvgIpc) is 3.31. The van der Waals surface area contributed by atoms with Gasteiger partial charge in [0.1, 0.15) is 6.54 Å². The number of halogens is 4. The van der Waals surface area contributed by atoms with Crippen LogP contribution >= 0.6 is 22.6 Å². The van der Waals surface area contributed by atoms with Crippen LogP contribution in [-0.4, -0.2) is 35.3 Å². The van der Waals surface area contributed by atoms with Crippen LogP contribution in [0.2, 0.25) is 0 Å². The second-order valence-electron chi connectivity index (χ2n) is 6.70. The van der Waals surface area contributed by atoms with Crippen molar-refractivity contribution in [2.75, 3.05) is 11.9 Å². The molecule has 0 atom stereocenters. The van der Waals surface area contributed by atoms with Crippen LogP contribution in [0.3, 0.4) is 0 Å². The van der Waals surface area contributed by atoms with E-state index in [1.54, 1.807) is 42.5 Å². The molecule has 0 aliphatic heterocycles. The van der Waals surface area contributed by atoms with E-state index < -0.39 is 22.7 Å². The van der Waals surface area contributed by atoms with Crippen molar-refractivity contribution in [2.24, 2.45) is 0 Å². The van der Waals surface area contributed by atoms with Crippen LogP contribution in [0.15, 0.2) is 58.0 Å². The van der Waals surface area contributed by atoms with Crippen molar-refractivity contribution in [1.29, 1.82) is 0 Å². The van der Waals surface area contributed by atoms with Gasteiger partial charge in [0.25, 0.3) is 10.0 Å². The molecule has 1 N–H and O–H groups in total. The van der Waals surface area contributed by atoms with Crippen LogP contribution in [0.4, 0.5) is 19.2 Å². The van der Waals surface area contributed by atoms with Gasteiger partial charge < -0.3 is 9.73 Å². The number of anilines is 1. The molecule has 0 amide bonds. The van der Waals surface area contributed by atoms with Crippen molar-refractivity contribution in [1.82, 2.24) is 14.2 Å². The zero-order valence-electron chi connectivity index (χ0n) is 15.8. The largest absolute Gasteiger partial charge is 0.405 e. The fourth-order valence-corrected chi connectivity index (χ4v) is 5.17. The molecule has 0 unspecified atom stereocenters. The van der Waals surface area contributed by atoms with Crippen LogP contribution in [-0.2, 0) is 10.0 Å². The molecule has 2 aromatic carbocycles. The van der Waals surface area contributed by atoms with Crippen LogP contribution in [0.5, 0.6) is 0 Å². The molecule has 0 radical (unpaired) electrons. The molecule has 0 aliphatic carbocycles. The Morgan fingerprint density at radius 2 is 1.84 bits per heavy atom. The zero-order valence-corrected chi connectivity index (χ0v) is 18.8. The van der Waals surface area contributed by atoms with E-state index in [2.05, 4.69) is 10.2 Å². The summed E-state index contributed by atoms with van der Waals surface area (Å²) in [5, 5.41) is 9.96. The van der Waals surface area contributed by atoms with Crippen LogP contribution in [0.1, 0.15) is 5.56 Å². The van der Waals surface area contributed by atoms with Gasteiger partial charge in [-0.25, -0.2) is 12.4 Å². The fraction of sp³-hybridized carbons (Fsp3) is 0.158. The number of aryl methyl sites for hydroxylation is 1. The van der Waals surface area contributed by atoms with E-state index >= 15 is 0 Å². The van der Waals surface area contributed by atoms with Gasteiger partial charge in [-0.15, -0.1) is 5.10 Å². The van der Waals surface area contributed by atoms with Crippen LogP contribution in [0, 0.1) is 10.5 Å². The van der Waals surface area contributed by atoms with Gasteiger partial charge in [0.15, 0.2) is 0 Å². The maximum atomic E-state index is 13.1. The van der Waals surface area contributed by atoms with Gasteiger partial charge >= 0.3 is 12.2 Å². The Bertz CT molecular complexity index is 1360. The Hall–Kier alpha value is -2.61. The van der Waals surface area contributed by atoms with E-state index in [9.17, 15) is 21.6 Å². The van der Waals surface area contributed by atoms with Crippen molar-refractivity contribution in [3.05, 3.63) is 57.8 Å². The number of fused-ring (bicyclic) bond motifs is 1. The fourth-order valence-electron chi connectivity index (χ4n) is 2.90. The normalized spacial score (nSPS) is 12.4. The average molecular weight is 562 g/mol.